The number of nitrogens with zero attached hydrogens (tertiary/aromatic N) is 2. The van der Waals surface area contributed by atoms with Crippen molar-refractivity contribution in [1.82, 2.24) is 9.97 Å². The quantitative estimate of drug-likeness (QED) is 0.224. The van der Waals surface area contributed by atoms with Gasteiger partial charge in [0.2, 0.25) is 0 Å². The second-order valence-corrected chi connectivity index (χ2v) is 10.7. The molecule has 0 aliphatic rings. The van der Waals surface area contributed by atoms with Crippen LogP contribution < -0.4 is 0 Å². The average molecular weight is 535 g/mol. The summed E-state index contributed by atoms with van der Waals surface area (Å²) in [4.78, 5) is 9.54. The summed E-state index contributed by atoms with van der Waals surface area (Å²) in [6, 6.07) is 52.0. The summed E-state index contributed by atoms with van der Waals surface area (Å²) in [5.41, 5.74) is 9.99. The number of pyridine rings is 2. The third kappa shape index (κ3) is 4.40. The highest BCUT2D eigenvalue weighted by atomic mass is 14.7. The normalized spacial score (nSPS) is 11.3. The van der Waals surface area contributed by atoms with Crippen molar-refractivity contribution in [1.29, 1.82) is 0 Å². The van der Waals surface area contributed by atoms with Crippen molar-refractivity contribution in [2.75, 3.05) is 0 Å². The van der Waals surface area contributed by atoms with Crippen LogP contribution in [0.1, 0.15) is 0 Å². The molecule has 0 amide bonds. The summed E-state index contributed by atoms with van der Waals surface area (Å²) < 4.78 is 0. The van der Waals surface area contributed by atoms with E-state index in [0.29, 0.717) is 0 Å². The number of hydrogen-bond acceptors (Lipinski definition) is 2. The third-order valence-electron chi connectivity index (χ3n) is 8.11. The van der Waals surface area contributed by atoms with Gasteiger partial charge < -0.3 is 0 Å². The Morgan fingerprint density at radius 3 is 1.76 bits per heavy atom. The zero-order chi connectivity index (χ0) is 27.9. The van der Waals surface area contributed by atoms with Gasteiger partial charge in [0, 0.05) is 28.9 Å². The van der Waals surface area contributed by atoms with Crippen LogP contribution in [-0.4, -0.2) is 9.97 Å². The van der Waals surface area contributed by atoms with Gasteiger partial charge in [0.05, 0.1) is 11.2 Å². The van der Waals surface area contributed by atoms with Gasteiger partial charge in [-0.15, -0.1) is 0 Å². The zero-order valence-electron chi connectivity index (χ0n) is 22.9. The zero-order valence-corrected chi connectivity index (χ0v) is 22.9. The van der Waals surface area contributed by atoms with Crippen molar-refractivity contribution >= 4 is 32.4 Å². The predicted octanol–water partition coefficient (Wildman–Crippen LogP) is 10.6. The molecule has 0 bridgehead atoms. The van der Waals surface area contributed by atoms with Crippen molar-refractivity contribution in [3.05, 3.63) is 158 Å². The van der Waals surface area contributed by atoms with Gasteiger partial charge in [-0.05, 0) is 91.8 Å². The van der Waals surface area contributed by atoms with Gasteiger partial charge in [-0.2, -0.15) is 0 Å². The van der Waals surface area contributed by atoms with Gasteiger partial charge in [-0.3, -0.25) is 4.98 Å². The maximum Gasteiger partial charge on any atom is 0.0716 e. The number of rotatable bonds is 4. The van der Waals surface area contributed by atoms with Crippen LogP contribution in [0.4, 0.5) is 0 Å². The molecule has 2 nitrogen and oxygen atoms in total. The molecule has 196 valence electrons. The fourth-order valence-corrected chi connectivity index (χ4v) is 5.91. The molecule has 0 radical (unpaired) electrons. The molecule has 0 spiro atoms. The molecule has 2 heterocycles. The Hall–Kier alpha value is -5.60. The maximum absolute atomic E-state index is 5.19. The first-order valence-electron chi connectivity index (χ1n) is 14.2. The maximum atomic E-state index is 5.19. The molecular formula is C40H26N2. The topological polar surface area (TPSA) is 25.8 Å². The molecule has 0 aliphatic carbocycles. The lowest BCUT2D eigenvalue weighted by Crippen LogP contribution is -1.92. The molecule has 0 saturated heterocycles. The molecule has 0 aliphatic heterocycles. The van der Waals surface area contributed by atoms with Crippen molar-refractivity contribution in [2.24, 2.45) is 0 Å². The van der Waals surface area contributed by atoms with Gasteiger partial charge in [0.15, 0.2) is 0 Å². The van der Waals surface area contributed by atoms with Gasteiger partial charge in [-0.25, -0.2) is 4.98 Å². The third-order valence-corrected chi connectivity index (χ3v) is 8.11. The molecule has 2 heteroatoms. The molecule has 0 N–H and O–H groups in total. The lowest BCUT2D eigenvalue weighted by molar-refractivity contribution is 1.33. The van der Waals surface area contributed by atoms with E-state index < -0.39 is 0 Å². The van der Waals surface area contributed by atoms with E-state index in [9.17, 15) is 0 Å². The van der Waals surface area contributed by atoms with Crippen molar-refractivity contribution in [3.63, 3.8) is 0 Å². The molecule has 0 fully saturated rings. The van der Waals surface area contributed by atoms with E-state index in [4.69, 9.17) is 4.98 Å². The summed E-state index contributed by atoms with van der Waals surface area (Å²) in [6.45, 7) is 0. The van der Waals surface area contributed by atoms with E-state index in [-0.39, 0.29) is 0 Å². The van der Waals surface area contributed by atoms with Crippen LogP contribution in [0.15, 0.2) is 158 Å². The van der Waals surface area contributed by atoms with Gasteiger partial charge in [-0.1, -0.05) is 103 Å². The highest BCUT2D eigenvalue weighted by Crippen LogP contribution is 2.37. The van der Waals surface area contributed by atoms with Crippen molar-refractivity contribution in [3.8, 4) is 44.6 Å². The number of fused-ring (bicyclic) bond motifs is 3. The molecular weight excluding hydrogens is 508 g/mol. The van der Waals surface area contributed by atoms with Crippen LogP contribution in [0.25, 0.3) is 77.1 Å². The second kappa shape index (κ2) is 10.1. The Bertz CT molecular complexity index is 2250. The SMILES string of the molecule is c1cncc(-c2cccc(-c3cc(-c4ccc5ccccc5c4)nc4ccc(-c5ccc6ccccc6c5)cc34)c2)c1. The summed E-state index contributed by atoms with van der Waals surface area (Å²) in [7, 11) is 0. The molecule has 0 unspecified atom stereocenters. The van der Waals surface area contributed by atoms with E-state index in [1.165, 1.54) is 32.7 Å². The summed E-state index contributed by atoms with van der Waals surface area (Å²) in [5, 5.41) is 6.06. The molecule has 8 rings (SSSR count). The predicted molar refractivity (Wildman–Crippen MR) is 176 cm³/mol. The van der Waals surface area contributed by atoms with Crippen molar-refractivity contribution in [2.45, 2.75) is 0 Å². The largest absolute Gasteiger partial charge is 0.264 e. The van der Waals surface area contributed by atoms with E-state index in [1.54, 1.807) is 0 Å². The summed E-state index contributed by atoms with van der Waals surface area (Å²) in [6.07, 6.45) is 3.73. The molecule has 8 aromatic rings. The second-order valence-electron chi connectivity index (χ2n) is 10.7. The number of aromatic nitrogens is 2. The number of hydrogen-bond donors (Lipinski definition) is 0. The smallest absolute Gasteiger partial charge is 0.0716 e. The van der Waals surface area contributed by atoms with Gasteiger partial charge in [0.1, 0.15) is 0 Å². The van der Waals surface area contributed by atoms with Crippen molar-refractivity contribution < 1.29 is 0 Å². The van der Waals surface area contributed by atoms with E-state index in [1.807, 2.05) is 18.5 Å². The fourth-order valence-electron chi connectivity index (χ4n) is 5.91. The number of benzene rings is 6. The van der Waals surface area contributed by atoms with E-state index >= 15 is 0 Å². The van der Waals surface area contributed by atoms with Crippen LogP contribution in [0.5, 0.6) is 0 Å². The highest BCUT2D eigenvalue weighted by Gasteiger charge is 2.13. The summed E-state index contributed by atoms with van der Waals surface area (Å²) in [5.74, 6) is 0. The molecule has 2 aromatic heterocycles. The first-order valence-corrected chi connectivity index (χ1v) is 14.2. The molecule has 6 aromatic carbocycles. The standard InChI is InChI=1S/C40H26N2/c1-3-9-29-21-32(16-14-27(29)7-1)33-18-19-39-38(24-33)37(34-12-5-11-31(22-34)36-13-6-20-41-26-36)25-40(42-39)35-17-15-28-8-2-4-10-30(28)23-35/h1-26H. The first-order chi connectivity index (χ1) is 20.8. The Kier molecular flexibility index (Phi) is 5.82. The van der Waals surface area contributed by atoms with Crippen LogP contribution >= 0.6 is 0 Å². The Balaban J connectivity index is 1.34. The Labute approximate surface area is 244 Å². The highest BCUT2D eigenvalue weighted by molar-refractivity contribution is 6.00. The first kappa shape index (κ1) is 24.2. The summed E-state index contributed by atoms with van der Waals surface area (Å²) >= 11 is 0. The molecule has 42 heavy (non-hydrogen) atoms. The minimum Gasteiger partial charge on any atom is -0.264 e. The minimum absolute atomic E-state index is 0.966. The Morgan fingerprint density at radius 2 is 1.00 bits per heavy atom. The fraction of sp³-hybridized carbons (Fsp3) is 0. The van der Waals surface area contributed by atoms with Crippen LogP contribution in [-0.2, 0) is 0 Å². The Morgan fingerprint density at radius 1 is 0.381 bits per heavy atom. The lowest BCUT2D eigenvalue weighted by Gasteiger charge is -2.14. The minimum atomic E-state index is 0.966. The van der Waals surface area contributed by atoms with Crippen LogP contribution in [0.2, 0.25) is 0 Å². The van der Waals surface area contributed by atoms with E-state index in [2.05, 4.69) is 145 Å². The van der Waals surface area contributed by atoms with Crippen LogP contribution in [0.3, 0.4) is 0 Å². The van der Waals surface area contributed by atoms with E-state index in [0.717, 1.165) is 44.4 Å². The average Bonchev–Trinajstić information content (AvgIpc) is 3.07. The van der Waals surface area contributed by atoms with Gasteiger partial charge in [0.25, 0.3) is 0 Å². The van der Waals surface area contributed by atoms with Gasteiger partial charge >= 0.3 is 0 Å². The molecule has 0 atom stereocenters. The monoisotopic (exact) mass is 534 g/mol. The van der Waals surface area contributed by atoms with Crippen LogP contribution in [0, 0.1) is 0 Å². The lowest BCUT2D eigenvalue weighted by atomic mass is 9.93. The molecule has 0 saturated carbocycles.